The highest BCUT2D eigenvalue weighted by molar-refractivity contribution is 9.10. The Bertz CT molecular complexity index is 1170. The van der Waals surface area contributed by atoms with Crippen molar-refractivity contribution in [2.75, 3.05) is 13.1 Å². The summed E-state index contributed by atoms with van der Waals surface area (Å²) in [6, 6.07) is 12.9. The van der Waals surface area contributed by atoms with Gasteiger partial charge in [0.15, 0.2) is 0 Å². The Morgan fingerprint density at radius 2 is 1.77 bits per heavy atom. The van der Waals surface area contributed by atoms with Crippen LogP contribution in [0.1, 0.15) is 27.2 Å². The molecule has 7 nitrogen and oxygen atoms in total. The first-order valence-corrected chi connectivity index (χ1v) is 11.6. The summed E-state index contributed by atoms with van der Waals surface area (Å²) in [7, 11) is -3.64. The van der Waals surface area contributed by atoms with E-state index in [9.17, 15) is 13.2 Å². The lowest BCUT2D eigenvalue weighted by Gasteiger charge is -2.11. The summed E-state index contributed by atoms with van der Waals surface area (Å²) < 4.78 is 30.2. The van der Waals surface area contributed by atoms with E-state index in [-0.39, 0.29) is 23.9 Å². The van der Waals surface area contributed by atoms with Crippen molar-refractivity contribution < 1.29 is 13.2 Å². The summed E-state index contributed by atoms with van der Waals surface area (Å²) in [6.07, 6.45) is 1.51. The molecule has 2 aromatic carbocycles. The number of carbonyl (C=O) groups excluding carboxylic acids is 1. The van der Waals surface area contributed by atoms with E-state index in [1.807, 2.05) is 44.2 Å². The topological polar surface area (TPSA) is 93.1 Å². The summed E-state index contributed by atoms with van der Waals surface area (Å²) in [5.74, 6) is -0.304. The van der Waals surface area contributed by atoms with Crippen molar-refractivity contribution in [2.45, 2.75) is 25.7 Å². The number of hydrogen-bond donors (Lipinski definition) is 2. The van der Waals surface area contributed by atoms with E-state index in [0.29, 0.717) is 16.8 Å². The molecule has 9 heteroatoms. The Morgan fingerprint density at radius 3 is 2.47 bits per heavy atom. The van der Waals surface area contributed by atoms with Crippen LogP contribution >= 0.6 is 15.9 Å². The fourth-order valence-corrected chi connectivity index (χ4v) is 4.63. The van der Waals surface area contributed by atoms with Crippen molar-refractivity contribution in [3.8, 4) is 5.69 Å². The Hall–Kier alpha value is -2.49. The number of carbonyl (C=O) groups is 1. The van der Waals surface area contributed by atoms with Gasteiger partial charge in [-0.05, 0) is 62.2 Å². The van der Waals surface area contributed by atoms with Gasteiger partial charge >= 0.3 is 0 Å². The molecule has 0 saturated carbocycles. The number of nitrogens with zero attached hydrogens (tertiary/aromatic N) is 2. The largest absolute Gasteiger partial charge is 0.351 e. The highest BCUT2D eigenvalue weighted by atomic mass is 79.9. The highest BCUT2D eigenvalue weighted by Gasteiger charge is 2.18. The van der Waals surface area contributed by atoms with Crippen molar-refractivity contribution in [3.05, 3.63) is 75.5 Å². The van der Waals surface area contributed by atoms with Gasteiger partial charge in [0, 0.05) is 17.6 Å². The van der Waals surface area contributed by atoms with Crippen molar-refractivity contribution in [2.24, 2.45) is 0 Å². The van der Waals surface area contributed by atoms with Crippen molar-refractivity contribution in [1.29, 1.82) is 0 Å². The Balaban J connectivity index is 1.60. The summed E-state index contributed by atoms with van der Waals surface area (Å²) in [6.45, 7) is 5.65. The molecule has 0 atom stereocenters. The normalized spacial score (nSPS) is 11.5. The van der Waals surface area contributed by atoms with Crippen LogP contribution < -0.4 is 10.0 Å². The van der Waals surface area contributed by atoms with E-state index in [2.05, 4.69) is 31.1 Å². The molecule has 0 saturated heterocycles. The van der Waals surface area contributed by atoms with Gasteiger partial charge in [0.2, 0.25) is 10.0 Å². The lowest BCUT2D eigenvalue weighted by molar-refractivity contribution is 0.0953. The van der Waals surface area contributed by atoms with Crippen LogP contribution in [0.5, 0.6) is 0 Å². The Morgan fingerprint density at radius 1 is 1.07 bits per heavy atom. The average Bonchev–Trinajstić information content (AvgIpc) is 3.09. The van der Waals surface area contributed by atoms with Crippen LogP contribution in [-0.4, -0.2) is 37.2 Å². The van der Waals surface area contributed by atoms with Crippen LogP contribution in [0.25, 0.3) is 5.69 Å². The summed E-state index contributed by atoms with van der Waals surface area (Å²) >= 11 is 3.39. The van der Waals surface area contributed by atoms with Crippen molar-refractivity contribution in [1.82, 2.24) is 19.8 Å². The van der Waals surface area contributed by atoms with E-state index < -0.39 is 10.0 Å². The quantitative estimate of drug-likeness (QED) is 0.497. The number of halogens is 1. The second-order valence-corrected chi connectivity index (χ2v) is 9.61. The number of aryl methyl sites for hydroxylation is 2. The first-order valence-electron chi connectivity index (χ1n) is 9.35. The zero-order chi connectivity index (χ0) is 21.9. The molecule has 30 heavy (non-hydrogen) atoms. The first-order chi connectivity index (χ1) is 14.2. The number of aromatic nitrogens is 2. The summed E-state index contributed by atoms with van der Waals surface area (Å²) in [5.41, 5.74) is 3.53. The van der Waals surface area contributed by atoms with E-state index >= 15 is 0 Å². The highest BCUT2D eigenvalue weighted by Crippen LogP contribution is 2.18. The zero-order valence-electron chi connectivity index (χ0n) is 16.9. The minimum absolute atomic E-state index is 0.0847. The summed E-state index contributed by atoms with van der Waals surface area (Å²) in [4.78, 5) is 12.8. The molecule has 0 radical (unpaired) electrons. The molecular weight excluding hydrogens is 468 g/mol. The fourth-order valence-electron chi connectivity index (χ4n) is 3.01. The molecule has 0 unspecified atom stereocenters. The molecule has 158 valence electrons. The second-order valence-electron chi connectivity index (χ2n) is 6.95. The lowest BCUT2D eigenvalue weighted by atomic mass is 10.2. The van der Waals surface area contributed by atoms with Crippen LogP contribution in [0.3, 0.4) is 0 Å². The van der Waals surface area contributed by atoms with Crippen LogP contribution in [0, 0.1) is 20.8 Å². The molecule has 1 aromatic heterocycles. The fraction of sp³-hybridized carbons (Fsp3) is 0.238. The third kappa shape index (κ3) is 4.97. The van der Waals surface area contributed by atoms with Gasteiger partial charge in [0.25, 0.3) is 5.91 Å². The van der Waals surface area contributed by atoms with Gasteiger partial charge in [0.1, 0.15) is 0 Å². The van der Waals surface area contributed by atoms with Gasteiger partial charge in [-0.1, -0.05) is 28.1 Å². The monoisotopic (exact) mass is 490 g/mol. The molecule has 3 rings (SSSR count). The average molecular weight is 491 g/mol. The number of benzene rings is 2. The number of nitrogens with one attached hydrogen (secondary N) is 2. The molecule has 3 aromatic rings. The predicted molar refractivity (Wildman–Crippen MR) is 119 cm³/mol. The van der Waals surface area contributed by atoms with Crippen molar-refractivity contribution in [3.63, 3.8) is 0 Å². The molecule has 0 aliphatic carbocycles. The molecule has 0 aliphatic rings. The Labute approximate surface area is 184 Å². The molecule has 2 N–H and O–H groups in total. The molecule has 0 bridgehead atoms. The molecule has 0 aliphatic heterocycles. The maximum absolute atomic E-state index is 12.5. The Kier molecular flexibility index (Phi) is 6.74. The third-order valence-corrected chi connectivity index (χ3v) is 6.79. The van der Waals surface area contributed by atoms with Crippen LogP contribution in [0.4, 0.5) is 0 Å². The molecule has 1 amide bonds. The van der Waals surface area contributed by atoms with Crippen LogP contribution in [0.15, 0.2) is 58.0 Å². The van der Waals surface area contributed by atoms with Crippen LogP contribution in [0.2, 0.25) is 0 Å². The number of rotatable bonds is 7. The van der Waals surface area contributed by atoms with Gasteiger partial charge in [-0.2, -0.15) is 5.10 Å². The minimum atomic E-state index is -3.64. The van der Waals surface area contributed by atoms with E-state index in [1.54, 1.807) is 23.7 Å². The van der Waals surface area contributed by atoms with E-state index in [4.69, 9.17) is 0 Å². The predicted octanol–water partition coefficient (Wildman–Crippen LogP) is 3.27. The lowest BCUT2D eigenvalue weighted by Crippen LogP contribution is -2.35. The molecular formula is C21H23BrN4O3S. The second kappa shape index (κ2) is 9.11. The van der Waals surface area contributed by atoms with Gasteiger partial charge in [-0.25, -0.2) is 17.8 Å². The van der Waals surface area contributed by atoms with Crippen LogP contribution in [-0.2, 0) is 10.0 Å². The van der Waals surface area contributed by atoms with Crippen molar-refractivity contribution >= 4 is 31.9 Å². The van der Waals surface area contributed by atoms with E-state index in [1.165, 1.54) is 6.20 Å². The summed E-state index contributed by atoms with van der Waals surface area (Å²) in [5, 5.41) is 7.03. The number of sulfonamides is 1. The van der Waals surface area contributed by atoms with Gasteiger partial charge in [-0.3, -0.25) is 4.79 Å². The third-order valence-electron chi connectivity index (χ3n) is 4.66. The van der Waals surface area contributed by atoms with E-state index in [0.717, 1.165) is 15.7 Å². The number of amides is 1. The molecule has 0 fully saturated rings. The van der Waals surface area contributed by atoms with Gasteiger partial charge in [0.05, 0.1) is 28.0 Å². The maximum Gasteiger partial charge on any atom is 0.254 e. The number of hydrogen-bond acceptors (Lipinski definition) is 4. The van der Waals surface area contributed by atoms with Gasteiger partial charge < -0.3 is 5.32 Å². The maximum atomic E-state index is 12.5. The smallest absolute Gasteiger partial charge is 0.254 e. The molecule has 1 heterocycles. The zero-order valence-corrected chi connectivity index (χ0v) is 19.3. The SMILES string of the molecule is Cc1ccc(C)c(S(=O)(=O)NCCNC(=O)c2cnn(-c3ccc(Br)cc3)c2C)c1. The standard InChI is InChI=1S/C21H23BrN4O3S/c1-14-4-5-15(2)20(12-14)30(28,29)25-11-10-23-21(27)19-13-24-26(16(19)3)18-8-6-17(22)7-9-18/h4-9,12-13,25H,10-11H2,1-3H3,(H,23,27). The van der Waals surface area contributed by atoms with Gasteiger partial charge in [-0.15, -0.1) is 0 Å². The first kappa shape index (κ1) is 22.2. The minimum Gasteiger partial charge on any atom is -0.351 e. The molecule has 0 spiro atoms.